The van der Waals surface area contributed by atoms with Crippen molar-refractivity contribution in [3.63, 3.8) is 0 Å². The number of benzene rings is 1. The molecule has 7 heteroatoms. The van der Waals surface area contributed by atoms with Crippen molar-refractivity contribution in [3.05, 3.63) is 63.4 Å². The summed E-state index contributed by atoms with van der Waals surface area (Å²) < 4.78 is 7.08. The van der Waals surface area contributed by atoms with Crippen LogP contribution in [0.2, 0.25) is 0 Å². The van der Waals surface area contributed by atoms with Gasteiger partial charge in [0.15, 0.2) is 0 Å². The first-order valence-electron chi connectivity index (χ1n) is 8.86. The van der Waals surface area contributed by atoms with E-state index in [-0.39, 0.29) is 40.9 Å². The van der Waals surface area contributed by atoms with Gasteiger partial charge in [0.1, 0.15) is 6.61 Å². The van der Waals surface area contributed by atoms with Crippen LogP contribution in [0.25, 0.3) is 22.3 Å². The zero-order valence-electron chi connectivity index (χ0n) is 15.8. The number of esters is 1. The number of cyclic esters (lactones) is 1. The molecule has 1 atom stereocenters. The molecule has 0 saturated heterocycles. The lowest BCUT2D eigenvalue weighted by Gasteiger charge is -2.33. The molecule has 0 aliphatic carbocycles. The highest BCUT2D eigenvalue weighted by atomic mass is 16.5. The molecule has 0 fully saturated rings. The topological polar surface area (TPSA) is 92.7 Å². The number of carbonyl (C=O) groups excluding carboxylic acids is 1. The monoisotopic (exact) mass is 394 g/mol. The second-order valence-electron chi connectivity index (χ2n) is 7.26. The van der Waals surface area contributed by atoms with Gasteiger partial charge in [-0.1, -0.05) is 32.5 Å². The first-order chi connectivity index (χ1) is 12.5. The van der Waals surface area contributed by atoms with Crippen LogP contribution in [0.3, 0.4) is 0 Å². The Balaban J connectivity index is 0.00000112. The Kier molecular flexibility index (Phi) is 5.77. The van der Waals surface area contributed by atoms with Gasteiger partial charge in [-0.05, 0) is 37.1 Å². The fourth-order valence-corrected chi connectivity index (χ4v) is 4.09. The van der Waals surface area contributed by atoms with E-state index in [1.165, 1.54) is 0 Å². The Morgan fingerprint density at radius 1 is 1.24 bits per heavy atom. The molecule has 0 saturated carbocycles. The van der Waals surface area contributed by atoms with Gasteiger partial charge in [0.2, 0.25) is 0 Å². The molecule has 2 N–H and O–H groups in total. The number of rotatable bonds is 1. The Morgan fingerprint density at radius 3 is 2.69 bits per heavy atom. The molecular weight excluding hydrogens is 367 g/mol. The summed E-state index contributed by atoms with van der Waals surface area (Å²) in [4.78, 5) is 30.3. The van der Waals surface area contributed by atoms with Gasteiger partial charge in [0.05, 0.1) is 34.4 Å². The largest absolute Gasteiger partial charge is 0.460 e. The first kappa shape index (κ1) is 22.4. The van der Waals surface area contributed by atoms with Crippen LogP contribution in [0.4, 0.5) is 0 Å². The van der Waals surface area contributed by atoms with Crippen LogP contribution in [0.15, 0.2) is 41.2 Å². The van der Waals surface area contributed by atoms with Crippen molar-refractivity contribution in [1.82, 2.24) is 9.55 Å². The highest BCUT2D eigenvalue weighted by Crippen LogP contribution is 2.39. The lowest BCUT2D eigenvalue weighted by Crippen LogP contribution is -2.42. The number of carbonyl (C=O) groups is 1. The second-order valence-corrected chi connectivity index (χ2v) is 7.26. The van der Waals surface area contributed by atoms with Gasteiger partial charge < -0.3 is 14.8 Å². The maximum Gasteiger partial charge on any atom is 0.316 e. The quantitative estimate of drug-likeness (QED) is 0.367. The van der Waals surface area contributed by atoms with E-state index < -0.39 is 5.41 Å². The fourth-order valence-electron chi connectivity index (χ4n) is 4.09. The Morgan fingerprint density at radius 2 is 1.97 bits per heavy atom. The SMILES string of the molecule is C.CC[C@@]1(C)C(=O)OCc2c1cc1n(c2=O)Cc2cc3ccccc3nc2-1.O.[2HH].[B]. The molecule has 2 aliphatic heterocycles. The van der Waals surface area contributed by atoms with Crippen LogP contribution < -0.4 is 5.56 Å². The molecule has 3 aromatic rings. The molecule has 1 aromatic carbocycles. The highest BCUT2D eigenvalue weighted by molar-refractivity contribution is 5.87. The van der Waals surface area contributed by atoms with Crippen molar-refractivity contribution in [1.29, 1.82) is 0 Å². The van der Waals surface area contributed by atoms with Crippen LogP contribution in [0.5, 0.6) is 0 Å². The van der Waals surface area contributed by atoms with Crippen LogP contribution in [-0.2, 0) is 28.1 Å². The van der Waals surface area contributed by atoms with Crippen molar-refractivity contribution < 1.29 is 16.4 Å². The zero-order chi connectivity index (χ0) is 18.1. The summed E-state index contributed by atoms with van der Waals surface area (Å²) in [5, 5.41) is 1.06. The third kappa shape index (κ3) is 2.88. The molecule has 2 aromatic heterocycles. The number of para-hydroxylation sites is 1. The van der Waals surface area contributed by atoms with Crippen LogP contribution in [-0.4, -0.2) is 29.4 Å². The Hall–Kier alpha value is -2.93. The van der Waals surface area contributed by atoms with Gasteiger partial charge in [0.25, 0.3) is 5.56 Å². The third-order valence-corrected chi connectivity index (χ3v) is 5.87. The van der Waals surface area contributed by atoms with Gasteiger partial charge in [-0.25, -0.2) is 4.98 Å². The molecular formula is C22H26BN2O4. The van der Waals surface area contributed by atoms with E-state index in [9.17, 15) is 9.59 Å². The summed E-state index contributed by atoms with van der Waals surface area (Å²) in [6.07, 6.45) is 0.583. The average molecular weight is 394 g/mol. The maximum atomic E-state index is 13.1. The number of aromatic nitrogens is 2. The molecule has 0 bridgehead atoms. The predicted octanol–water partition coefficient (Wildman–Crippen LogP) is 2.83. The van der Waals surface area contributed by atoms with E-state index in [0.717, 1.165) is 33.4 Å². The molecule has 4 heterocycles. The normalized spacial score (nSPS) is 18.3. The van der Waals surface area contributed by atoms with Crippen molar-refractivity contribution >= 4 is 25.3 Å². The van der Waals surface area contributed by atoms with E-state index in [0.29, 0.717) is 18.5 Å². The zero-order valence-corrected chi connectivity index (χ0v) is 15.8. The molecule has 2 aliphatic rings. The minimum absolute atomic E-state index is 0. The van der Waals surface area contributed by atoms with Crippen LogP contribution in [0, 0.1) is 0 Å². The highest BCUT2D eigenvalue weighted by Gasteiger charge is 2.43. The fraction of sp³-hybridized carbons (Fsp3) is 0.318. The Bertz CT molecular complexity index is 1180. The molecule has 3 radical (unpaired) electrons. The third-order valence-electron chi connectivity index (χ3n) is 5.87. The first-order valence-corrected chi connectivity index (χ1v) is 8.86. The number of pyridine rings is 2. The molecule has 0 amide bonds. The van der Waals surface area contributed by atoms with Crippen molar-refractivity contribution in [2.75, 3.05) is 0 Å². The lowest BCUT2D eigenvalue weighted by atomic mass is 9.76. The number of hydrogen-bond acceptors (Lipinski definition) is 4. The summed E-state index contributed by atoms with van der Waals surface area (Å²) in [5.41, 5.74) is 4.08. The molecule has 0 spiro atoms. The van der Waals surface area contributed by atoms with Gasteiger partial charge in [-0.3, -0.25) is 9.59 Å². The van der Waals surface area contributed by atoms with Crippen molar-refractivity contribution in [2.24, 2.45) is 0 Å². The number of ether oxygens (including phenoxy) is 1. The average Bonchev–Trinajstić information content (AvgIpc) is 3.01. The van der Waals surface area contributed by atoms with E-state index in [4.69, 9.17) is 9.72 Å². The van der Waals surface area contributed by atoms with Crippen LogP contribution >= 0.6 is 0 Å². The number of hydrogen-bond donors (Lipinski definition) is 0. The molecule has 0 unspecified atom stereocenters. The maximum absolute atomic E-state index is 13.1. The summed E-state index contributed by atoms with van der Waals surface area (Å²) in [5.74, 6) is -0.262. The lowest BCUT2D eigenvalue weighted by molar-refractivity contribution is -0.153. The summed E-state index contributed by atoms with van der Waals surface area (Å²) >= 11 is 0. The van der Waals surface area contributed by atoms with Gasteiger partial charge >= 0.3 is 5.97 Å². The number of fused-ring (bicyclic) bond motifs is 5. The summed E-state index contributed by atoms with van der Waals surface area (Å²) in [7, 11) is 0. The van der Waals surface area contributed by atoms with E-state index in [1.54, 1.807) is 4.57 Å². The van der Waals surface area contributed by atoms with Crippen molar-refractivity contribution in [3.8, 4) is 11.4 Å². The van der Waals surface area contributed by atoms with Gasteiger partial charge in [-0.2, -0.15) is 0 Å². The predicted molar refractivity (Wildman–Crippen MR) is 116 cm³/mol. The molecule has 6 nitrogen and oxygen atoms in total. The molecule has 5 rings (SSSR count). The minimum Gasteiger partial charge on any atom is -0.460 e. The Labute approximate surface area is 172 Å². The standard InChI is InChI=1S/C21H18N2O3.CH4.B.H2O.H2/c1-3-21(2)15-9-17-18-13(8-12-6-4-5-7-16(12)22-18)10-23(17)19(24)14(15)11-26-20(21)25;;;;/h4-9H,3,10-11H2,1-2H3;1H4;;1H2;1H/t21-;;;;/m1..../s1/i;;;;1+1. The van der Waals surface area contributed by atoms with E-state index in [1.807, 2.05) is 44.2 Å². The summed E-state index contributed by atoms with van der Waals surface area (Å²) in [6, 6.07) is 12.0. The van der Waals surface area contributed by atoms with E-state index >= 15 is 0 Å². The van der Waals surface area contributed by atoms with Crippen LogP contribution in [0.1, 0.15) is 45.8 Å². The smallest absolute Gasteiger partial charge is 0.316 e. The van der Waals surface area contributed by atoms with Crippen molar-refractivity contribution in [2.45, 2.75) is 46.3 Å². The molecule has 151 valence electrons. The van der Waals surface area contributed by atoms with E-state index in [2.05, 4.69) is 6.07 Å². The minimum atomic E-state index is -0.790. The molecule has 29 heavy (non-hydrogen) atoms. The summed E-state index contributed by atoms with van der Waals surface area (Å²) in [6.45, 7) is 4.36. The van der Waals surface area contributed by atoms with Gasteiger partial charge in [-0.15, -0.1) is 0 Å². The van der Waals surface area contributed by atoms with Gasteiger partial charge in [0, 0.05) is 20.8 Å². The second kappa shape index (κ2) is 7.48. The number of nitrogens with zero attached hydrogens (tertiary/aromatic N) is 2.